The van der Waals surface area contributed by atoms with Gasteiger partial charge in [-0.1, -0.05) is 6.92 Å². The summed E-state index contributed by atoms with van der Waals surface area (Å²) in [5.74, 6) is -0.727. The zero-order chi connectivity index (χ0) is 18.6. The molecule has 1 saturated heterocycles. The summed E-state index contributed by atoms with van der Waals surface area (Å²) in [6.07, 6.45) is -2.86. The van der Waals surface area contributed by atoms with Crippen molar-refractivity contribution in [3.8, 4) is 0 Å². The minimum atomic E-state index is -1.32. The standard InChI is InChI=1S/C15H21N3O7/c1-4-11(20)23-7-9-13(24-8(2)19)12(21)14(25-9)18-6-5-10(16-3)17-15(18)22/h5-6,9,12-14,21H,4,7H2,1-3H3,(H,16,17,22)/t9-,12+,13-,14-/m1/s1. The molecule has 0 radical (unpaired) electrons. The van der Waals surface area contributed by atoms with Gasteiger partial charge in [0.15, 0.2) is 12.3 Å². The van der Waals surface area contributed by atoms with E-state index in [4.69, 9.17) is 14.2 Å². The summed E-state index contributed by atoms with van der Waals surface area (Å²) in [5, 5.41) is 13.2. The molecule has 25 heavy (non-hydrogen) atoms. The monoisotopic (exact) mass is 355 g/mol. The van der Waals surface area contributed by atoms with Crippen LogP contribution < -0.4 is 11.0 Å². The number of esters is 2. The van der Waals surface area contributed by atoms with Crippen molar-refractivity contribution in [3.63, 3.8) is 0 Å². The van der Waals surface area contributed by atoms with Crippen molar-refractivity contribution >= 4 is 17.8 Å². The molecule has 0 aromatic carbocycles. The number of ether oxygens (including phenoxy) is 3. The number of nitrogens with zero attached hydrogens (tertiary/aromatic N) is 2. The van der Waals surface area contributed by atoms with Gasteiger partial charge < -0.3 is 24.6 Å². The Morgan fingerprint density at radius 2 is 2.20 bits per heavy atom. The lowest BCUT2D eigenvalue weighted by Gasteiger charge is -2.19. The molecule has 0 spiro atoms. The molecule has 0 saturated carbocycles. The zero-order valence-electron chi connectivity index (χ0n) is 14.2. The van der Waals surface area contributed by atoms with Gasteiger partial charge in [0.25, 0.3) is 0 Å². The van der Waals surface area contributed by atoms with Crippen molar-refractivity contribution in [2.75, 3.05) is 19.0 Å². The fourth-order valence-corrected chi connectivity index (χ4v) is 2.44. The van der Waals surface area contributed by atoms with E-state index >= 15 is 0 Å². The average Bonchev–Trinajstić information content (AvgIpc) is 2.88. The second-order valence-corrected chi connectivity index (χ2v) is 5.42. The smallest absolute Gasteiger partial charge is 0.351 e. The average molecular weight is 355 g/mol. The van der Waals surface area contributed by atoms with Crippen LogP contribution in [0.4, 0.5) is 5.82 Å². The third-order valence-corrected chi connectivity index (χ3v) is 3.67. The highest BCUT2D eigenvalue weighted by atomic mass is 16.6. The van der Waals surface area contributed by atoms with E-state index in [0.29, 0.717) is 5.82 Å². The predicted octanol–water partition coefficient (Wildman–Crippen LogP) is -0.572. The number of carbonyl (C=O) groups excluding carboxylic acids is 2. The molecule has 2 rings (SSSR count). The first-order valence-corrected chi connectivity index (χ1v) is 7.80. The summed E-state index contributed by atoms with van der Waals surface area (Å²) in [6, 6.07) is 1.53. The molecule has 138 valence electrons. The van der Waals surface area contributed by atoms with Crippen LogP contribution in [0, 0.1) is 0 Å². The maximum Gasteiger partial charge on any atom is 0.351 e. The Bertz CT molecular complexity index is 690. The second-order valence-electron chi connectivity index (χ2n) is 5.42. The van der Waals surface area contributed by atoms with Crippen molar-refractivity contribution < 1.29 is 28.9 Å². The molecule has 2 heterocycles. The summed E-state index contributed by atoms with van der Waals surface area (Å²) >= 11 is 0. The molecule has 0 amide bonds. The number of rotatable bonds is 6. The van der Waals surface area contributed by atoms with Gasteiger partial charge in [0.1, 0.15) is 24.6 Å². The summed E-state index contributed by atoms with van der Waals surface area (Å²) in [4.78, 5) is 38.5. The summed E-state index contributed by atoms with van der Waals surface area (Å²) in [6.45, 7) is 2.60. The molecular weight excluding hydrogens is 334 g/mol. The topological polar surface area (TPSA) is 129 Å². The Morgan fingerprint density at radius 3 is 2.76 bits per heavy atom. The van der Waals surface area contributed by atoms with E-state index in [-0.39, 0.29) is 13.0 Å². The van der Waals surface area contributed by atoms with Gasteiger partial charge in [0, 0.05) is 26.6 Å². The summed E-state index contributed by atoms with van der Waals surface area (Å²) < 4.78 is 16.8. The maximum absolute atomic E-state index is 12.1. The molecule has 4 atom stereocenters. The van der Waals surface area contributed by atoms with Crippen LogP contribution in [0.2, 0.25) is 0 Å². The lowest BCUT2D eigenvalue weighted by atomic mass is 10.1. The van der Waals surface area contributed by atoms with Crippen LogP contribution in [0.25, 0.3) is 0 Å². The molecule has 0 unspecified atom stereocenters. The van der Waals surface area contributed by atoms with Crippen LogP contribution in [0.1, 0.15) is 26.5 Å². The van der Waals surface area contributed by atoms with E-state index in [1.165, 1.54) is 19.2 Å². The Hall–Kier alpha value is -2.46. The van der Waals surface area contributed by atoms with E-state index in [1.807, 2.05) is 0 Å². The molecule has 10 heteroatoms. The van der Waals surface area contributed by atoms with Crippen molar-refractivity contribution in [3.05, 3.63) is 22.7 Å². The molecule has 0 bridgehead atoms. The fraction of sp³-hybridized carbons (Fsp3) is 0.600. The van der Waals surface area contributed by atoms with Gasteiger partial charge in [-0.05, 0) is 6.07 Å². The second kappa shape index (κ2) is 8.08. The SMILES string of the molecule is CCC(=O)OC[C@H]1O[C@@H](n2ccc(NC)nc2=O)[C@@H](O)[C@@H]1OC(C)=O. The van der Waals surface area contributed by atoms with Crippen molar-refractivity contribution in [1.29, 1.82) is 0 Å². The first-order chi connectivity index (χ1) is 11.9. The molecule has 0 aliphatic carbocycles. The third kappa shape index (κ3) is 4.34. The summed E-state index contributed by atoms with van der Waals surface area (Å²) in [7, 11) is 1.61. The molecular formula is C15H21N3O7. The fourth-order valence-electron chi connectivity index (χ4n) is 2.44. The number of hydrogen-bond acceptors (Lipinski definition) is 9. The van der Waals surface area contributed by atoms with Crippen LogP contribution in [-0.2, 0) is 23.8 Å². The van der Waals surface area contributed by atoms with Gasteiger partial charge in [-0.2, -0.15) is 4.98 Å². The summed E-state index contributed by atoms with van der Waals surface area (Å²) in [5.41, 5.74) is -0.649. The van der Waals surface area contributed by atoms with Crippen LogP contribution in [0.15, 0.2) is 17.1 Å². The predicted molar refractivity (Wildman–Crippen MR) is 84.8 cm³/mol. The Balaban J connectivity index is 2.23. The molecule has 10 nitrogen and oxygen atoms in total. The number of aromatic nitrogens is 2. The van der Waals surface area contributed by atoms with E-state index in [1.54, 1.807) is 14.0 Å². The largest absolute Gasteiger partial charge is 0.463 e. The minimum Gasteiger partial charge on any atom is -0.463 e. The zero-order valence-corrected chi connectivity index (χ0v) is 14.2. The Kier molecular flexibility index (Phi) is 6.10. The number of aliphatic hydroxyl groups excluding tert-OH is 1. The van der Waals surface area contributed by atoms with E-state index < -0.39 is 42.2 Å². The van der Waals surface area contributed by atoms with Gasteiger partial charge in [-0.25, -0.2) is 4.79 Å². The van der Waals surface area contributed by atoms with E-state index in [9.17, 15) is 19.5 Å². The number of aliphatic hydroxyl groups is 1. The van der Waals surface area contributed by atoms with Crippen LogP contribution in [-0.4, -0.2) is 58.6 Å². The first kappa shape index (κ1) is 18.9. The van der Waals surface area contributed by atoms with Gasteiger partial charge >= 0.3 is 17.6 Å². The van der Waals surface area contributed by atoms with Crippen LogP contribution >= 0.6 is 0 Å². The highest BCUT2D eigenvalue weighted by Crippen LogP contribution is 2.31. The van der Waals surface area contributed by atoms with Crippen LogP contribution in [0.5, 0.6) is 0 Å². The number of carbonyl (C=O) groups is 2. The van der Waals surface area contributed by atoms with Gasteiger partial charge in [0.05, 0.1) is 0 Å². The van der Waals surface area contributed by atoms with Crippen LogP contribution in [0.3, 0.4) is 0 Å². The van der Waals surface area contributed by atoms with Gasteiger partial charge in [-0.15, -0.1) is 0 Å². The van der Waals surface area contributed by atoms with E-state index in [2.05, 4.69) is 10.3 Å². The first-order valence-electron chi connectivity index (χ1n) is 7.80. The quantitative estimate of drug-likeness (QED) is 0.644. The molecule has 1 aromatic rings. The molecule has 2 N–H and O–H groups in total. The lowest BCUT2D eigenvalue weighted by Crippen LogP contribution is -2.39. The van der Waals surface area contributed by atoms with Crippen molar-refractivity contribution in [1.82, 2.24) is 9.55 Å². The third-order valence-electron chi connectivity index (χ3n) is 3.67. The number of nitrogens with one attached hydrogen (secondary N) is 1. The van der Waals surface area contributed by atoms with Gasteiger partial charge in [0.2, 0.25) is 0 Å². The minimum absolute atomic E-state index is 0.172. The highest BCUT2D eigenvalue weighted by molar-refractivity contribution is 5.69. The molecule has 1 aliphatic heterocycles. The Morgan fingerprint density at radius 1 is 1.48 bits per heavy atom. The molecule has 1 fully saturated rings. The number of anilines is 1. The normalized spacial score (nSPS) is 25.4. The number of hydrogen-bond donors (Lipinski definition) is 2. The van der Waals surface area contributed by atoms with Crippen molar-refractivity contribution in [2.24, 2.45) is 0 Å². The lowest BCUT2D eigenvalue weighted by molar-refractivity contribution is -0.158. The van der Waals surface area contributed by atoms with Crippen molar-refractivity contribution in [2.45, 2.75) is 44.8 Å². The maximum atomic E-state index is 12.1. The Labute approximate surface area is 143 Å². The highest BCUT2D eigenvalue weighted by Gasteiger charge is 2.47. The molecule has 1 aliphatic rings. The molecule has 1 aromatic heterocycles. The van der Waals surface area contributed by atoms with E-state index in [0.717, 1.165) is 4.57 Å². The van der Waals surface area contributed by atoms with Gasteiger partial charge in [-0.3, -0.25) is 14.2 Å².